The molecule has 1 N–H and O–H groups in total. The van der Waals surface area contributed by atoms with Crippen LogP contribution in [0.5, 0.6) is 11.5 Å². The van der Waals surface area contributed by atoms with Gasteiger partial charge in [-0.2, -0.15) is 0 Å². The van der Waals surface area contributed by atoms with Crippen LogP contribution in [-0.2, 0) is 0 Å². The molecule has 2 aromatic rings. The quantitative estimate of drug-likeness (QED) is 0.943. The van der Waals surface area contributed by atoms with Gasteiger partial charge in [0.25, 0.3) is 0 Å². The number of nitrogens with zero attached hydrogens (tertiary/aromatic N) is 1. The molecule has 1 aromatic carbocycles. The molecular weight excluding hydrogens is 286 g/mol. The van der Waals surface area contributed by atoms with Gasteiger partial charge in [-0.15, -0.1) is 0 Å². The summed E-state index contributed by atoms with van der Waals surface area (Å²) in [7, 11) is 0. The minimum atomic E-state index is -1.04. The van der Waals surface area contributed by atoms with Crippen molar-refractivity contribution in [2.75, 3.05) is 0 Å². The first-order chi connectivity index (χ1) is 8.16. The Kier molecular flexibility index (Phi) is 3.39. The predicted octanol–water partition coefficient (Wildman–Crippen LogP) is 3.33. The van der Waals surface area contributed by atoms with Gasteiger partial charge in [0.1, 0.15) is 17.1 Å². The smallest absolute Gasteiger partial charge is 0.339 e. The van der Waals surface area contributed by atoms with Crippen molar-refractivity contribution in [1.82, 2.24) is 4.98 Å². The van der Waals surface area contributed by atoms with E-state index >= 15 is 0 Å². The first kappa shape index (κ1) is 11.6. The summed E-state index contributed by atoms with van der Waals surface area (Å²) in [6.07, 6.45) is 3.14. The summed E-state index contributed by atoms with van der Waals surface area (Å²) in [5.74, 6) is -0.254. The second kappa shape index (κ2) is 4.97. The number of carbonyl (C=O) groups is 1. The number of carboxylic acids is 1. The average Bonchev–Trinajstić information content (AvgIpc) is 2.32. The molecule has 2 rings (SSSR count). The van der Waals surface area contributed by atoms with Gasteiger partial charge < -0.3 is 9.84 Å². The topological polar surface area (TPSA) is 59.4 Å². The molecule has 0 aliphatic rings. The van der Waals surface area contributed by atoms with Crippen LogP contribution in [0.25, 0.3) is 0 Å². The average molecular weight is 294 g/mol. The molecule has 0 atom stereocenters. The zero-order valence-corrected chi connectivity index (χ0v) is 10.2. The van der Waals surface area contributed by atoms with Gasteiger partial charge in [-0.25, -0.2) is 4.79 Å². The highest BCUT2D eigenvalue weighted by molar-refractivity contribution is 9.10. The molecule has 5 heteroatoms. The summed E-state index contributed by atoms with van der Waals surface area (Å²) in [6.45, 7) is 0. The van der Waals surface area contributed by atoms with Gasteiger partial charge >= 0.3 is 5.97 Å². The summed E-state index contributed by atoms with van der Waals surface area (Å²) in [4.78, 5) is 14.9. The highest BCUT2D eigenvalue weighted by Crippen LogP contribution is 2.27. The molecule has 4 nitrogen and oxygen atoms in total. The van der Waals surface area contributed by atoms with Crippen LogP contribution < -0.4 is 4.74 Å². The van der Waals surface area contributed by atoms with E-state index in [4.69, 9.17) is 9.84 Å². The zero-order valence-electron chi connectivity index (χ0n) is 8.63. The highest BCUT2D eigenvalue weighted by atomic mass is 79.9. The number of pyridine rings is 1. The molecule has 1 heterocycles. The van der Waals surface area contributed by atoms with Crippen LogP contribution in [0.3, 0.4) is 0 Å². The molecule has 0 bridgehead atoms. The Bertz CT molecular complexity index is 543. The third kappa shape index (κ3) is 2.82. The second-order valence-corrected chi connectivity index (χ2v) is 4.15. The van der Waals surface area contributed by atoms with Gasteiger partial charge in [0.05, 0.1) is 6.20 Å². The van der Waals surface area contributed by atoms with Crippen LogP contribution in [0, 0.1) is 0 Å². The van der Waals surface area contributed by atoms with Crippen LogP contribution in [0.1, 0.15) is 10.4 Å². The molecule has 86 valence electrons. The Morgan fingerprint density at radius 2 is 2.18 bits per heavy atom. The fourth-order valence-corrected chi connectivity index (χ4v) is 1.65. The third-order valence-corrected chi connectivity index (χ3v) is 2.53. The van der Waals surface area contributed by atoms with Crippen molar-refractivity contribution in [1.29, 1.82) is 0 Å². The second-order valence-electron chi connectivity index (χ2n) is 3.24. The van der Waals surface area contributed by atoms with Gasteiger partial charge in [-0.05, 0) is 30.3 Å². The standard InChI is InChI=1S/C12H8BrNO3/c13-8-3-4-11(10(6-8)12(15)16)17-9-2-1-5-14-7-9/h1-7H,(H,15,16). The molecule has 0 amide bonds. The maximum absolute atomic E-state index is 11.0. The summed E-state index contributed by atoms with van der Waals surface area (Å²) in [5.41, 5.74) is 0.100. The Balaban J connectivity index is 2.36. The summed E-state index contributed by atoms with van der Waals surface area (Å²) < 4.78 is 6.15. The number of aromatic carboxylic acids is 1. The Hall–Kier alpha value is -1.88. The Labute approximate surface area is 106 Å². The molecule has 0 fully saturated rings. The maximum Gasteiger partial charge on any atom is 0.339 e. The van der Waals surface area contributed by atoms with Crippen molar-refractivity contribution in [3.63, 3.8) is 0 Å². The lowest BCUT2D eigenvalue weighted by Gasteiger charge is -2.08. The van der Waals surface area contributed by atoms with E-state index in [0.717, 1.165) is 0 Å². The predicted molar refractivity (Wildman–Crippen MR) is 65.4 cm³/mol. The van der Waals surface area contributed by atoms with Gasteiger partial charge in [-0.1, -0.05) is 15.9 Å². The minimum absolute atomic E-state index is 0.100. The number of aromatic nitrogens is 1. The largest absolute Gasteiger partial charge is 0.478 e. The first-order valence-electron chi connectivity index (χ1n) is 4.77. The lowest BCUT2D eigenvalue weighted by molar-refractivity contribution is 0.0694. The number of halogens is 1. The van der Waals surface area contributed by atoms with E-state index in [9.17, 15) is 4.79 Å². The van der Waals surface area contributed by atoms with Crippen LogP contribution in [-0.4, -0.2) is 16.1 Å². The van der Waals surface area contributed by atoms with Gasteiger partial charge in [0, 0.05) is 10.7 Å². The van der Waals surface area contributed by atoms with Crippen LogP contribution in [0.2, 0.25) is 0 Å². The van der Waals surface area contributed by atoms with E-state index in [0.29, 0.717) is 10.2 Å². The summed E-state index contributed by atoms with van der Waals surface area (Å²) in [6, 6.07) is 8.24. The minimum Gasteiger partial charge on any atom is -0.478 e. The number of benzene rings is 1. The van der Waals surface area contributed by atoms with E-state index in [1.54, 1.807) is 30.5 Å². The van der Waals surface area contributed by atoms with E-state index in [-0.39, 0.29) is 11.3 Å². The fourth-order valence-electron chi connectivity index (χ4n) is 1.29. The first-order valence-corrected chi connectivity index (χ1v) is 5.57. The van der Waals surface area contributed by atoms with E-state index in [1.807, 2.05) is 0 Å². The zero-order chi connectivity index (χ0) is 12.3. The molecule has 1 aromatic heterocycles. The Morgan fingerprint density at radius 3 is 2.82 bits per heavy atom. The number of hydrogen-bond donors (Lipinski definition) is 1. The molecular formula is C12H8BrNO3. The van der Waals surface area contributed by atoms with Gasteiger partial charge in [0.15, 0.2) is 0 Å². The molecule has 0 radical (unpaired) electrons. The normalized spacial score (nSPS) is 9.94. The third-order valence-electron chi connectivity index (χ3n) is 2.03. The van der Waals surface area contributed by atoms with Crippen LogP contribution >= 0.6 is 15.9 Å². The van der Waals surface area contributed by atoms with Crippen molar-refractivity contribution in [3.8, 4) is 11.5 Å². The number of rotatable bonds is 3. The van der Waals surface area contributed by atoms with Crippen molar-refractivity contribution in [2.24, 2.45) is 0 Å². The Morgan fingerprint density at radius 1 is 1.35 bits per heavy atom. The molecule has 0 saturated carbocycles. The molecule has 0 saturated heterocycles. The van der Waals surface area contributed by atoms with E-state index in [2.05, 4.69) is 20.9 Å². The van der Waals surface area contributed by atoms with Crippen molar-refractivity contribution in [2.45, 2.75) is 0 Å². The molecule has 0 aliphatic carbocycles. The lowest BCUT2D eigenvalue weighted by atomic mass is 10.2. The fraction of sp³-hybridized carbons (Fsp3) is 0. The monoisotopic (exact) mass is 293 g/mol. The number of hydrogen-bond acceptors (Lipinski definition) is 3. The van der Waals surface area contributed by atoms with E-state index in [1.165, 1.54) is 12.3 Å². The summed E-state index contributed by atoms with van der Waals surface area (Å²) in [5, 5.41) is 9.05. The van der Waals surface area contributed by atoms with Crippen LogP contribution in [0.4, 0.5) is 0 Å². The SMILES string of the molecule is O=C(O)c1cc(Br)ccc1Oc1cccnc1. The highest BCUT2D eigenvalue weighted by Gasteiger charge is 2.12. The van der Waals surface area contributed by atoms with Gasteiger partial charge in [0.2, 0.25) is 0 Å². The molecule has 0 aliphatic heterocycles. The van der Waals surface area contributed by atoms with Crippen molar-refractivity contribution in [3.05, 3.63) is 52.8 Å². The molecule has 0 unspecified atom stereocenters. The summed E-state index contributed by atoms with van der Waals surface area (Å²) >= 11 is 3.22. The lowest BCUT2D eigenvalue weighted by Crippen LogP contribution is -2.00. The van der Waals surface area contributed by atoms with Crippen LogP contribution in [0.15, 0.2) is 47.2 Å². The van der Waals surface area contributed by atoms with Crippen molar-refractivity contribution < 1.29 is 14.6 Å². The number of ether oxygens (including phenoxy) is 1. The molecule has 0 spiro atoms. The van der Waals surface area contributed by atoms with Gasteiger partial charge in [-0.3, -0.25) is 4.98 Å². The number of carboxylic acid groups (broad SMARTS) is 1. The maximum atomic E-state index is 11.0. The van der Waals surface area contributed by atoms with Crippen molar-refractivity contribution >= 4 is 21.9 Å². The molecule has 17 heavy (non-hydrogen) atoms. The van der Waals surface area contributed by atoms with E-state index < -0.39 is 5.97 Å².